The van der Waals surface area contributed by atoms with E-state index in [9.17, 15) is 8.78 Å². The highest BCUT2D eigenvalue weighted by atomic mass is 19.3. The first-order valence-electron chi connectivity index (χ1n) is 3.94. The molecule has 1 aromatic rings. The van der Waals surface area contributed by atoms with Crippen LogP contribution in [0.25, 0.3) is 0 Å². The number of alkyl halides is 2. The van der Waals surface area contributed by atoms with Gasteiger partial charge >= 0.3 is 7.12 Å². The van der Waals surface area contributed by atoms with Gasteiger partial charge in [0.05, 0.1) is 0 Å². The molecule has 1 aromatic carbocycles. The SMILES string of the molecule is OB(O)c1cccc(C(O)C(F)F)c1. The summed E-state index contributed by atoms with van der Waals surface area (Å²) in [4.78, 5) is 0. The lowest BCUT2D eigenvalue weighted by atomic mass is 9.79. The van der Waals surface area contributed by atoms with Crippen LogP contribution in [0, 0.1) is 0 Å². The van der Waals surface area contributed by atoms with Gasteiger partial charge in [0.2, 0.25) is 0 Å². The number of aliphatic hydroxyl groups excluding tert-OH is 1. The molecule has 0 spiro atoms. The molecule has 0 aliphatic carbocycles. The maximum Gasteiger partial charge on any atom is 0.488 e. The topological polar surface area (TPSA) is 60.7 Å². The van der Waals surface area contributed by atoms with Crippen molar-refractivity contribution >= 4 is 12.6 Å². The molecule has 1 unspecified atom stereocenters. The molecule has 1 rings (SSSR count). The van der Waals surface area contributed by atoms with E-state index < -0.39 is 19.6 Å². The highest BCUT2D eigenvalue weighted by Crippen LogP contribution is 2.18. The summed E-state index contributed by atoms with van der Waals surface area (Å²) in [6, 6.07) is 5.16. The quantitative estimate of drug-likeness (QED) is 0.588. The number of hydrogen-bond acceptors (Lipinski definition) is 3. The first kappa shape index (κ1) is 11.1. The molecule has 0 heterocycles. The van der Waals surface area contributed by atoms with E-state index >= 15 is 0 Å². The standard InChI is InChI=1S/C8H9BF2O3/c10-8(11)7(12)5-2-1-3-6(4-5)9(13)14/h1-4,7-8,12-14H. The van der Waals surface area contributed by atoms with E-state index in [0.717, 1.165) is 6.07 Å². The van der Waals surface area contributed by atoms with Crippen molar-refractivity contribution in [2.24, 2.45) is 0 Å². The lowest BCUT2D eigenvalue weighted by Gasteiger charge is -2.10. The van der Waals surface area contributed by atoms with Gasteiger partial charge in [-0.25, -0.2) is 8.78 Å². The van der Waals surface area contributed by atoms with Gasteiger partial charge < -0.3 is 15.2 Å². The minimum absolute atomic E-state index is 0.0365. The first-order chi connectivity index (χ1) is 6.52. The second kappa shape index (κ2) is 4.50. The Balaban J connectivity index is 2.93. The van der Waals surface area contributed by atoms with Gasteiger partial charge in [-0.15, -0.1) is 0 Å². The molecule has 0 aliphatic heterocycles. The van der Waals surface area contributed by atoms with Gasteiger partial charge in [0.1, 0.15) is 6.10 Å². The van der Waals surface area contributed by atoms with Crippen LogP contribution >= 0.6 is 0 Å². The number of halogens is 2. The molecule has 1 atom stereocenters. The Morgan fingerprint density at radius 3 is 2.36 bits per heavy atom. The maximum absolute atomic E-state index is 12.1. The molecule has 3 N–H and O–H groups in total. The summed E-state index contributed by atoms with van der Waals surface area (Å²) in [7, 11) is -1.72. The Bertz CT molecular complexity index is 306. The van der Waals surface area contributed by atoms with Crippen LogP contribution in [0.5, 0.6) is 0 Å². The van der Waals surface area contributed by atoms with Crippen molar-refractivity contribution < 1.29 is 23.9 Å². The van der Waals surface area contributed by atoms with Gasteiger partial charge in [0.15, 0.2) is 0 Å². The van der Waals surface area contributed by atoms with Crippen molar-refractivity contribution in [3.63, 3.8) is 0 Å². The van der Waals surface area contributed by atoms with E-state index in [4.69, 9.17) is 15.2 Å². The van der Waals surface area contributed by atoms with Crippen LogP contribution in [0.3, 0.4) is 0 Å². The van der Waals surface area contributed by atoms with Gasteiger partial charge in [-0.1, -0.05) is 24.3 Å². The molecule has 0 radical (unpaired) electrons. The van der Waals surface area contributed by atoms with Crippen molar-refractivity contribution in [2.45, 2.75) is 12.5 Å². The first-order valence-corrected chi connectivity index (χ1v) is 3.94. The number of hydrogen-bond donors (Lipinski definition) is 3. The summed E-state index contributed by atoms with van der Waals surface area (Å²) in [5.74, 6) is 0. The maximum atomic E-state index is 12.1. The minimum Gasteiger partial charge on any atom is -0.423 e. The third kappa shape index (κ3) is 2.51. The van der Waals surface area contributed by atoms with Gasteiger partial charge in [0.25, 0.3) is 6.43 Å². The van der Waals surface area contributed by atoms with Gasteiger partial charge in [-0.2, -0.15) is 0 Å². The summed E-state index contributed by atoms with van der Waals surface area (Å²) < 4.78 is 24.1. The zero-order chi connectivity index (χ0) is 10.7. The van der Waals surface area contributed by atoms with Crippen LogP contribution in [-0.4, -0.2) is 28.7 Å². The highest BCUT2D eigenvalue weighted by molar-refractivity contribution is 6.58. The van der Waals surface area contributed by atoms with Crippen LogP contribution in [0.1, 0.15) is 11.7 Å². The van der Waals surface area contributed by atoms with E-state index in [2.05, 4.69) is 0 Å². The molecule has 0 amide bonds. The van der Waals surface area contributed by atoms with E-state index in [1.807, 2.05) is 0 Å². The zero-order valence-corrected chi connectivity index (χ0v) is 7.14. The molecule has 0 saturated carbocycles. The van der Waals surface area contributed by atoms with E-state index in [0.29, 0.717) is 0 Å². The lowest BCUT2D eigenvalue weighted by molar-refractivity contribution is -0.00574. The normalized spacial score (nSPS) is 13.0. The average Bonchev–Trinajstić information content (AvgIpc) is 2.16. The molecule has 0 saturated heterocycles. The Kier molecular flexibility index (Phi) is 3.57. The van der Waals surface area contributed by atoms with Crippen molar-refractivity contribution in [1.82, 2.24) is 0 Å². The van der Waals surface area contributed by atoms with Gasteiger partial charge in [-0.3, -0.25) is 0 Å². The second-order valence-electron chi connectivity index (χ2n) is 2.82. The Morgan fingerprint density at radius 2 is 1.86 bits per heavy atom. The molecule has 76 valence electrons. The van der Waals surface area contributed by atoms with Crippen molar-refractivity contribution in [3.8, 4) is 0 Å². The molecule has 0 fully saturated rings. The number of aliphatic hydroxyl groups is 1. The van der Waals surface area contributed by atoms with Crippen molar-refractivity contribution in [2.75, 3.05) is 0 Å². The summed E-state index contributed by atoms with van der Waals surface area (Å²) in [5.41, 5.74) is 0.0350. The molecule has 0 aliphatic rings. The van der Waals surface area contributed by atoms with Crippen LogP contribution in [-0.2, 0) is 0 Å². The largest absolute Gasteiger partial charge is 0.488 e. The monoisotopic (exact) mass is 202 g/mol. The Morgan fingerprint density at radius 1 is 1.21 bits per heavy atom. The average molecular weight is 202 g/mol. The predicted molar refractivity (Wildman–Crippen MR) is 47.2 cm³/mol. The van der Waals surface area contributed by atoms with E-state index in [1.165, 1.54) is 18.2 Å². The van der Waals surface area contributed by atoms with Crippen LogP contribution in [0.2, 0.25) is 0 Å². The van der Waals surface area contributed by atoms with Crippen LogP contribution in [0.15, 0.2) is 24.3 Å². The molecule has 3 nitrogen and oxygen atoms in total. The van der Waals surface area contributed by atoms with Crippen LogP contribution in [0.4, 0.5) is 8.78 Å². The molecular formula is C8H9BF2O3. The fourth-order valence-electron chi connectivity index (χ4n) is 1.05. The third-order valence-electron chi connectivity index (χ3n) is 1.79. The summed E-state index contributed by atoms with van der Waals surface area (Å²) >= 11 is 0. The Labute approximate surface area is 79.8 Å². The fourth-order valence-corrected chi connectivity index (χ4v) is 1.05. The van der Waals surface area contributed by atoms with Crippen LogP contribution < -0.4 is 5.46 Å². The second-order valence-corrected chi connectivity index (χ2v) is 2.82. The molecular weight excluding hydrogens is 193 g/mol. The smallest absolute Gasteiger partial charge is 0.423 e. The number of rotatable bonds is 3. The molecule has 6 heteroatoms. The summed E-state index contributed by atoms with van der Waals surface area (Å²) in [5, 5.41) is 26.5. The van der Waals surface area contributed by atoms with Crippen molar-refractivity contribution in [3.05, 3.63) is 29.8 Å². The predicted octanol–water partition coefficient (Wildman–Crippen LogP) is -0.335. The number of benzene rings is 1. The molecule has 14 heavy (non-hydrogen) atoms. The molecule has 0 bridgehead atoms. The van der Waals surface area contributed by atoms with Gasteiger partial charge in [-0.05, 0) is 11.0 Å². The van der Waals surface area contributed by atoms with Crippen molar-refractivity contribution in [1.29, 1.82) is 0 Å². The lowest BCUT2D eigenvalue weighted by Crippen LogP contribution is -2.30. The highest BCUT2D eigenvalue weighted by Gasteiger charge is 2.20. The Hall–Kier alpha value is -0.975. The minimum atomic E-state index is -2.89. The van der Waals surface area contributed by atoms with E-state index in [1.54, 1.807) is 0 Å². The summed E-state index contributed by atoms with van der Waals surface area (Å²) in [6.45, 7) is 0. The third-order valence-corrected chi connectivity index (χ3v) is 1.79. The molecule has 0 aromatic heterocycles. The summed E-state index contributed by atoms with van der Waals surface area (Å²) in [6.07, 6.45) is -4.78. The zero-order valence-electron chi connectivity index (χ0n) is 7.14. The van der Waals surface area contributed by atoms with E-state index in [-0.39, 0.29) is 11.0 Å². The van der Waals surface area contributed by atoms with Gasteiger partial charge in [0, 0.05) is 0 Å². The fraction of sp³-hybridized carbons (Fsp3) is 0.250.